The second-order valence-electron chi connectivity index (χ2n) is 7.38. The Labute approximate surface area is 178 Å². The molecule has 0 radical (unpaired) electrons. The first-order valence-corrected chi connectivity index (χ1v) is 10.9. The molecule has 0 unspecified atom stereocenters. The van der Waals surface area contributed by atoms with Gasteiger partial charge in [-0.3, -0.25) is 4.79 Å². The molecule has 2 heterocycles. The lowest BCUT2D eigenvalue weighted by atomic mass is 10.00. The van der Waals surface area contributed by atoms with Crippen molar-refractivity contribution in [3.63, 3.8) is 0 Å². The van der Waals surface area contributed by atoms with Crippen LogP contribution in [-0.2, 0) is 6.54 Å². The van der Waals surface area contributed by atoms with Gasteiger partial charge in [-0.2, -0.15) is 0 Å². The zero-order valence-corrected chi connectivity index (χ0v) is 17.4. The lowest BCUT2D eigenvalue weighted by molar-refractivity contribution is 0.563. The summed E-state index contributed by atoms with van der Waals surface area (Å²) in [5.74, 6) is 0.654. The molecular weight excluding hydrogens is 390 g/mol. The second-order valence-corrected chi connectivity index (χ2v) is 8.24. The van der Waals surface area contributed by atoms with E-state index in [4.69, 9.17) is 4.98 Å². The standard InChI is InChI=1S/C25H21N3OS/c1-16(19-13-7-11-17-10-5-6-12-20(17)19)26-14-22-27-24(29)23-21(15-30-25(23)28-22)18-8-3-2-4-9-18/h2-13,15-16,26H,14H2,1H3,(H,27,28,29)/t16-/m0/s1. The lowest BCUT2D eigenvalue weighted by Gasteiger charge is -2.16. The average Bonchev–Trinajstić information content (AvgIpc) is 3.22. The van der Waals surface area contributed by atoms with Gasteiger partial charge in [0, 0.05) is 17.0 Å². The van der Waals surface area contributed by atoms with Crippen LogP contribution >= 0.6 is 11.3 Å². The second kappa shape index (κ2) is 7.86. The van der Waals surface area contributed by atoms with Crippen LogP contribution < -0.4 is 10.9 Å². The molecule has 0 aliphatic rings. The Morgan fingerprint density at radius 1 is 1.00 bits per heavy atom. The third-order valence-electron chi connectivity index (χ3n) is 5.44. The maximum absolute atomic E-state index is 12.8. The largest absolute Gasteiger partial charge is 0.309 e. The van der Waals surface area contributed by atoms with Gasteiger partial charge in [-0.25, -0.2) is 4.98 Å². The smallest absolute Gasteiger partial charge is 0.260 e. The molecule has 5 aromatic rings. The Bertz CT molecular complexity index is 1380. The number of hydrogen-bond acceptors (Lipinski definition) is 4. The molecule has 0 fully saturated rings. The Morgan fingerprint density at radius 2 is 1.77 bits per heavy atom. The van der Waals surface area contributed by atoms with Crippen LogP contribution in [0.4, 0.5) is 0 Å². The SMILES string of the molecule is C[C@H](NCc1nc2scc(-c3ccccc3)c2c(=O)[nH]1)c1cccc2ccccc12. The summed E-state index contributed by atoms with van der Waals surface area (Å²) in [6.45, 7) is 2.63. The number of H-pyrrole nitrogens is 1. The Morgan fingerprint density at radius 3 is 2.63 bits per heavy atom. The van der Waals surface area contributed by atoms with Gasteiger partial charge < -0.3 is 10.3 Å². The van der Waals surface area contributed by atoms with Crippen molar-refractivity contribution in [2.75, 3.05) is 0 Å². The van der Waals surface area contributed by atoms with Gasteiger partial charge in [-0.1, -0.05) is 72.8 Å². The number of benzene rings is 3. The molecule has 5 rings (SSSR count). The van der Waals surface area contributed by atoms with Gasteiger partial charge in [0.1, 0.15) is 10.7 Å². The zero-order chi connectivity index (χ0) is 20.5. The van der Waals surface area contributed by atoms with E-state index in [1.807, 2.05) is 35.7 Å². The summed E-state index contributed by atoms with van der Waals surface area (Å²) in [5.41, 5.74) is 3.12. The van der Waals surface area contributed by atoms with E-state index in [1.54, 1.807) is 0 Å². The van der Waals surface area contributed by atoms with E-state index in [2.05, 4.69) is 59.7 Å². The minimum Gasteiger partial charge on any atom is -0.309 e. The normalized spacial score (nSPS) is 12.4. The van der Waals surface area contributed by atoms with Gasteiger partial charge in [-0.05, 0) is 28.8 Å². The van der Waals surface area contributed by atoms with Crippen molar-refractivity contribution in [2.24, 2.45) is 0 Å². The number of thiophene rings is 1. The maximum Gasteiger partial charge on any atom is 0.260 e. The van der Waals surface area contributed by atoms with E-state index < -0.39 is 0 Å². The Kier molecular flexibility index (Phi) is 4.91. The van der Waals surface area contributed by atoms with Crippen LogP contribution in [0.25, 0.3) is 32.1 Å². The summed E-state index contributed by atoms with van der Waals surface area (Å²) in [4.78, 5) is 21.3. The summed E-state index contributed by atoms with van der Waals surface area (Å²) in [6.07, 6.45) is 0. The first kappa shape index (κ1) is 18.7. The topological polar surface area (TPSA) is 57.8 Å². The van der Waals surface area contributed by atoms with Gasteiger partial charge in [0.15, 0.2) is 0 Å². The molecule has 0 saturated heterocycles. The fraction of sp³-hybridized carbons (Fsp3) is 0.120. The van der Waals surface area contributed by atoms with E-state index in [0.29, 0.717) is 17.8 Å². The molecule has 4 nitrogen and oxygen atoms in total. The monoisotopic (exact) mass is 411 g/mol. The molecule has 0 saturated carbocycles. The van der Waals surface area contributed by atoms with Crippen LogP contribution in [0, 0.1) is 0 Å². The summed E-state index contributed by atoms with van der Waals surface area (Å²) in [6, 6.07) is 24.8. The first-order valence-electron chi connectivity index (χ1n) is 9.97. The third-order valence-corrected chi connectivity index (χ3v) is 6.32. The van der Waals surface area contributed by atoms with Gasteiger partial charge >= 0.3 is 0 Å². The summed E-state index contributed by atoms with van der Waals surface area (Å²) in [7, 11) is 0. The molecule has 5 heteroatoms. The predicted octanol–water partition coefficient (Wildman–Crippen LogP) is 5.66. The molecule has 3 aromatic carbocycles. The quantitative estimate of drug-likeness (QED) is 0.393. The number of aromatic amines is 1. The maximum atomic E-state index is 12.8. The molecule has 2 N–H and O–H groups in total. The van der Waals surface area contributed by atoms with Crippen LogP contribution in [0.3, 0.4) is 0 Å². The van der Waals surface area contributed by atoms with Gasteiger partial charge in [0.2, 0.25) is 0 Å². The van der Waals surface area contributed by atoms with E-state index >= 15 is 0 Å². The molecule has 0 spiro atoms. The Hall–Kier alpha value is -3.28. The minimum atomic E-state index is -0.0882. The number of nitrogens with zero attached hydrogens (tertiary/aromatic N) is 1. The molecule has 1 atom stereocenters. The number of fused-ring (bicyclic) bond motifs is 2. The average molecular weight is 412 g/mol. The highest BCUT2D eigenvalue weighted by atomic mass is 32.1. The van der Waals surface area contributed by atoms with E-state index in [9.17, 15) is 4.79 Å². The van der Waals surface area contributed by atoms with Crippen molar-refractivity contribution >= 4 is 32.3 Å². The fourth-order valence-corrected chi connectivity index (χ4v) is 4.86. The lowest BCUT2D eigenvalue weighted by Crippen LogP contribution is -2.22. The molecule has 0 amide bonds. The van der Waals surface area contributed by atoms with Crippen molar-refractivity contribution in [3.05, 3.63) is 99.9 Å². The van der Waals surface area contributed by atoms with E-state index in [1.165, 1.54) is 27.7 Å². The molecule has 148 valence electrons. The van der Waals surface area contributed by atoms with Gasteiger partial charge in [0.05, 0.1) is 11.9 Å². The Balaban J connectivity index is 1.42. The highest BCUT2D eigenvalue weighted by Gasteiger charge is 2.14. The van der Waals surface area contributed by atoms with Crippen LogP contribution in [0.2, 0.25) is 0 Å². The van der Waals surface area contributed by atoms with Crippen LogP contribution in [0.5, 0.6) is 0 Å². The molecule has 0 bridgehead atoms. The van der Waals surface area contributed by atoms with Crippen molar-refractivity contribution in [3.8, 4) is 11.1 Å². The third kappa shape index (κ3) is 3.43. The van der Waals surface area contributed by atoms with Gasteiger partial charge in [-0.15, -0.1) is 11.3 Å². The molecule has 0 aliphatic heterocycles. The van der Waals surface area contributed by atoms with E-state index in [0.717, 1.165) is 16.0 Å². The molecule has 2 aromatic heterocycles. The number of nitrogens with one attached hydrogen (secondary N) is 2. The van der Waals surface area contributed by atoms with Crippen LogP contribution in [-0.4, -0.2) is 9.97 Å². The summed E-state index contributed by atoms with van der Waals surface area (Å²) >= 11 is 1.51. The van der Waals surface area contributed by atoms with Crippen molar-refractivity contribution in [1.82, 2.24) is 15.3 Å². The number of hydrogen-bond donors (Lipinski definition) is 2. The fourth-order valence-electron chi connectivity index (χ4n) is 3.90. The highest BCUT2D eigenvalue weighted by molar-refractivity contribution is 7.17. The van der Waals surface area contributed by atoms with E-state index in [-0.39, 0.29) is 11.6 Å². The minimum absolute atomic E-state index is 0.0882. The first-order chi connectivity index (χ1) is 14.7. The van der Waals surface area contributed by atoms with Crippen molar-refractivity contribution in [2.45, 2.75) is 19.5 Å². The number of rotatable bonds is 5. The number of aromatic nitrogens is 2. The van der Waals surface area contributed by atoms with Crippen LogP contribution in [0.15, 0.2) is 83.0 Å². The molecule has 30 heavy (non-hydrogen) atoms. The summed E-state index contributed by atoms with van der Waals surface area (Å²) in [5, 5.41) is 8.65. The molecular formula is C25H21N3OS. The predicted molar refractivity (Wildman–Crippen MR) is 125 cm³/mol. The van der Waals surface area contributed by atoms with Gasteiger partial charge in [0.25, 0.3) is 5.56 Å². The zero-order valence-electron chi connectivity index (χ0n) is 16.6. The van der Waals surface area contributed by atoms with Crippen molar-refractivity contribution < 1.29 is 0 Å². The summed E-state index contributed by atoms with van der Waals surface area (Å²) < 4.78 is 0. The van der Waals surface area contributed by atoms with Crippen LogP contribution in [0.1, 0.15) is 24.4 Å². The molecule has 0 aliphatic carbocycles. The van der Waals surface area contributed by atoms with Crippen molar-refractivity contribution in [1.29, 1.82) is 0 Å². The highest BCUT2D eigenvalue weighted by Crippen LogP contribution is 2.30.